The predicted octanol–water partition coefficient (Wildman–Crippen LogP) is 2.27. The van der Waals surface area contributed by atoms with Crippen molar-refractivity contribution in [3.8, 4) is 0 Å². The molecule has 0 unspecified atom stereocenters. The van der Waals surface area contributed by atoms with Crippen molar-refractivity contribution in [2.24, 2.45) is 0 Å². The van der Waals surface area contributed by atoms with Gasteiger partial charge in [0.2, 0.25) is 0 Å². The van der Waals surface area contributed by atoms with Crippen LogP contribution in [0.5, 0.6) is 0 Å². The summed E-state index contributed by atoms with van der Waals surface area (Å²) in [5.74, 6) is 1.11. The van der Waals surface area contributed by atoms with Crippen molar-refractivity contribution < 1.29 is 4.79 Å². The summed E-state index contributed by atoms with van der Waals surface area (Å²) >= 11 is 7.24. The molecular weight excluding hydrogens is 258 g/mol. The molecule has 0 amide bonds. The van der Waals surface area contributed by atoms with Gasteiger partial charge in [0.15, 0.2) is 11.0 Å². The minimum absolute atomic E-state index is 0.000133. The molecule has 1 aliphatic rings. The first-order chi connectivity index (χ1) is 8.22. The van der Waals surface area contributed by atoms with Gasteiger partial charge in [0.1, 0.15) is 0 Å². The third-order valence-corrected chi connectivity index (χ3v) is 3.62. The van der Waals surface area contributed by atoms with Crippen LogP contribution in [0, 0.1) is 0 Å². The summed E-state index contributed by atoms with van der Waals surface area (Å²) < 4.78 is 1.38. The molecular formula is C11H8ClN3OS. The summed E-state index contributed by atoms with van der Waals surface area (Å²) in [6, 6.07) is 7.54. The maximum atomic E-state index is 11.4. The number of nitrogens with zero attached hydrogens (tertiary/aromatic N) is 3. The van der Waals surface area contributed by atoms with E-state index in [9.17, 15) is 4.79 Å². The second-order valence-corrected chi connectivity index (χ2v) is 5.09. The molecule has 4 nitrogen and oxygen atoms in total. The Morgan fingerprint density at radius 3 is 2.82 bits per heavy atom. The van der Waals surface area contributed by atoms with Crippen LogP contribution in [-0.4, -0.2) is 26.4 Å². The van der Waals surface area contributed by atoms with Gasteiger partial charge < -0.3 is 0 Å². The molecule has 2 heterocycles. The minimum atomic E-state index is -0.000133. The molecule has 0 saturated heterocycles. The monoisotopic (exact) mass is 265 g/mol. The lowest BCUT2D eigenvalue weighted by atomic mass is 10.1. The first-order valence-corrected chi connectivity index (χ1v) is 6.45. The molecule has 0 saturated carbocycles. The van der Waals surface area contributed by atoms with E-state index in [0.717, 1.165) is 5.56 Å². The van der Waals surface area contributed by atoms with E-state index in [1.165, 1.54) is 16.4 Å². The van der Waals surface area contributed by atoms with Crippen molar-refractivity contribution >= 4 is 29.3 Å². The highest BCUT2D eigenvalue weighted by molar-refractivity contribution is 8.00. The number of hydrogen-bond donors (Lipinski definition) is 0. The van der Waals surface area contributed by atoms with Gasteiger partial charge in [0.05, 0.1) is 5.75 Å². The van der Waals surface area contributed by atoms with Crippen molar-refractivity contribution in [1.82, 2.24) is 14.8 Å². The molecule has 0 atom stereocenters. The molecule has 3 rings (SSSR count). The van der Waals surface area contributed by atoms with Crippen LogP contribution in [0.25, 0.3) is 0 Å². The number of thioether (sulfide) groups is 1. The van der Waals surface area contributed by atoms with Gasteiger partial charge in [-0.05, 0) is 17.7 Å². The van der Waals surface area contributed by atoms with E-state index in [1.807, 2.05) is 24.3 Å². The van der Waals surface area contributed by atoms with Gasteiger partial charge in [-0.1, -0.05) is 35.5 Å². The highest BCUT2D eigenvalue weighted by Gasteiger charge is 2.23. The van der Waals surface area contributed by atoms with E-state index in [2.05, 4.69) is 10.1 Å². The molecule has 1 aromatic heterocycles. The van der Waals surface area contributed by atoms with Gasteiger partial charge in [-0.2, -0.15) is 4.68 Å². The summed E-state index contributed by atoms with van der Waals surface area (Å²) in [6.45, 7) is 0. The topological polar surface area (TPSA) is 47.8 Å². The van der Waals surface area contributed by atoms with Crippen LogP contribution in [0.2, 0.25) is 5.02 Å². The van der Waals surface area contributed by atoms with E-state index in [0.29, 0.717) is 28.2 Å². The molecule has 0 fully saturated rings. The quantitative estimate of drug-likeness (QED) is 0.836. The van der Waals surface area contributed by atoms with Crippen LogP contribution < -0.4 is 0 Å². The molecule has 1 aliphatic heterocycles. The molecule has 0 radical (unpaired) electrons. The largest absolute Gasteiger partial charge is 0.271 e. The standard InChI is InChI=1S/C11H8ClN3OS/c12-8-3-1-7(2-4-8)5-9-13-11-15(14-9)10(16)6-17-11/h1-4H,5-6H2. The van der Waals surface area contributed by atoms with Gasteiger partial charge in [-0.3, -0.25) is 4.79 Å². The van der Waals surface area contributed by atoms with E-state index in [-0.39, 0.29) is 5.91 Å². The number of carbonyl (C=O) groups is 1. The highest BCUT2D eigenvalue weighted by atomic mass is 35.5. The van der Waals surface area contributed by atoms with Gasteiger partial charge in [-0.25, -0.2) is 4.98 Å². The Balaban J connectivity index is 1.84. The Kier molecular flexibility index (Phi) is 2.64. The number of rotatable bonds is 2. The highest BCUT2D eigenvalue weighted by Crippen LogP contribution is 2.23. The van der Waals surface area contributed by atoms with Gasteiger partial charge in [0.25, 0.3) is 5.91 Å². The van der Waals surface area contributed by atoms with Crippen molar-refractivity contribution in [1.29, 1.82) is 0 Å². The molecule has 0 spiro atoms. The Morgan fingerprint density at radius 1 is 1.35 bits per heavy atom. The van der Waals surface area contributed by atoms with Crippen LogP contribution in [-0.2, 0) is 6.42 Å². The van der Waals surface area contributed by atoms with Crippen LogP contribution in [0.1, 0.15) is 16.2 Å². The van der Waals surface area contributed by atoms with E-state index < -0.39 is 0 Å². The molecule has 2 aromatic rings. The summed E-state index contributed by atoms with van der Waals surface area (Å²) in [6.07, 6.45) is 0.616. The molecule has 6 heteroatoms. The van der Waals surface area contributed by atoms with Crippen molar-refractivity contribution in [3.63, 3.8) is 0 Å². The molecule has 0 aliphatic carbocycles. The molecule has 1 aromatic carbocycles. The Hall–Kier alpha value is -1.33. The number of carbonyl (C=O) groups excluding carboxylic acids is 1. The van der Waals surface area contributed by atoms with Crippen LogP contribution >= 0.6 is 23.4 Å². The lowest BCUT2D eigenvalue weighted by Crippen LogP contribution is -2.09. The van der Waals surface area contributed by atoms with Gasteiger partial charge in [-0.15, -0.1) is 5.10 Å². The average molecular weight is 266 g/mol. The van der Waals surface area contributed by atoms with Gasteiger partial charge >= 0.3 is 0 Å². The molecule has 0 N–H and O–H groups in total. The van der Waals surface area contributed by atoms with Crippen molar-refractivity contribution in [2.45, 2.75) is 11.6 Å². The van der Waals surface area contributed by atoms with E-state index >= 15 is 0 Å². The summed E-state index contributed by atoms with van der Waals surface area (Å²) in [5, 5.41) is 5.59. The number of aromatic nitrogens is 3. The second kappa shape index (κ2) is 4.16. The fraction of sp³-hybridized carbons (Fsp3) is 0.182. The van der Waals surface area contributed by atoms with Crippen molar-refractivity contribution in [3.05, 3.63) is 40.7 Å². The predicted molar refractivity (Wildman–Crippen MR) is 65.6 cm³/mol. The fourth-order valence-electron chi connectivity index (χ4n) is 1.64. The summed E-state index contributed by atoms with van der Waals surface area (Å²) in [5.41, 5.74) is 1.08. The normalized spacial score (nSPS) is 14.1. The number of benzene rings is 1. The number of halogens is 1. The molecule has 0 bridgehead atoms. The van der Waals surface area contributed by atoms with Crippen molar-refractivity contribution in [2.75, 3.05) is 5.75 Å². The Bertz CT molecular complexity index is 579. The number of fused-ring (bicyclic) bond motifs is 1. The first-order valence-electron chi connectivity index (χ1n) is 5.09. The van der Waals surface area contributed by atoms with Gasteiger partial charge in [0, 0.05) is 11.4 Å². The zero-order valence-electron chi connectivity index (χ0n) is 8.76. The van der Waals surface area contributed by atoms with Crippen LogP contribution in [0.15, 0.2) is 29.4 Å². The molecule has 17 heavy (non-hydrogen) atoms. The minimum Gasteiger partial charge on any atom is -0.271 e. The summed E-state index contributed by atoms with van der Waals surface area (Å²) in [4.78, 5) is 15.7. The zero-order valence-corrected chi connectivity index (χ0v) is 10.3. The van der Waals surface area contributed by atoms with Crippen LogP contribution in [0.3, 0.4) is 0 Å². The third-order valence-electron chi connectivity index (χ3n) is 2.46. The lowest BCUT2D eigenvalue weighted by molar-refractivity contribution is 0.0923. The maximum absolute atomic E-state index is 11.4. The van der Waals surface area contributed by atoms with E-state index in [4.69, 9.17) is 11.6 Å². The zero-order chi connectivity index (χ0) is 11.8. The molecule has 86 valence electrons. The number of hydrogen-bond acceptors (Lipinski definition) is 4. The van der Waals surface area contributed by atoms with E-state index in [1.54, 1.807) is 0 Å². The Morgan fingerprint density at radius 2 is 2.12 bits per heavy atom. The first kappa shape index (κ1) is 10.8. The summed E-state index contributed by atoms with van der Waals surface area (Å²) in [7, 11) is 0. The smallest absolute Gasteiger partial charge is 0.259 e. The maximum Gasteiger partial charge on any atom is 0.259 e. The lowest BCUT2D eigenvalue weighted by Gasteiger charge is -1.97. The average Bonchev–Trinajstić information content (AvgIpc) is 2.85. The fourth-order valence-corrected chi connectivity index (χ4v) is 2.58. The second-order valence-electron chi connectivity index (χ2n) is 3.71. The SMILES string of the molecule is O=C1CSc2nc(Cc3ccc(Cl)cc3)nn21. The van der Waals surface area contributed by atoms with Crippen LogP contribution in [0.4, 0.5) is 0 Å². The Labute approximate surface area is 107 Å². The third kappa shape index (κ3) is 2.08.